The molecule has 22 heavy (non-hydrogen) atoms. The summed E-state index contributed by atoms with van der Waals surface area (Å²) >= 11 is 0. The highest BCUT2D eigenvalue weighted by molar-refractivity contribution is 6.08. The molecule has 0 saturated heterocycles. The van der Waals surface area contributed by atoms with Gasteiger partial charge in [-0.1, -0.05) is 24.3 Å². The van der Waals surface area contributed by atoms with Crippen LogP contribution in [0.25, 0.3) is 0 Å². The first-order valence-electron chi connectivity index (χ1n) is 7.02. The van der Waals surface area contributed by atoms with Crippen LogP contribution in [0.4, 0.5) is 5.69 Å². The van der Waals surface area contributed by atoms with Gasteiger partial charge in [0.05, 0.1) is 19.1 Å². The Morgan fingerprint density at radius 1 is 1.32 bits per heavy atom. The predicted octanol–water partition coefficient (Wildman–Crippen LogP) is 2.81. The van der Waals surface area contributed by atoms with E-state index in [1.807, 2.05) is 29.2 Å². The Bertz CT molecular complexity index is 814. The van der Waals surface area contributed by atoms with E-state index in [2.05, 4.69) is 4.99 Å². The second-order valence-corrected chi connectivity index (χ2v) is 5.42. The summed E-state index contributed by atoms with van der Waals surface area (Å²) in [7, 11) is 1.46. The van der Waals surface area contributed by atoms with Gasteiger partial charge in [0.25, 0.3) is 0 Å². The molecule has 5 heteroatoms. The molecule has 5 nitrogen and oxygen atoms in total. The summed E-state index contributed by atoms with van der Waals surface area (Å²) in [5, 5.41) is 9.88. The molecule has 2 heterocycles. The molecule has 0 saturated carbocycles. The van der Waals surface area contributed by atoms with Crippen LogP contribution in [0.3, 0.4) is 0 Å². The number of fused-ring (bicyclic) bond motifs is 4. The average Bonchev–Trinajstić information content (AvgIpc) is 2.84. The van der Waals surface area contributed by atoms with E-state index in [0.29, 0.717) is 17.8 Å². The summed E-state index contributed by atoms with van der Waals surface area (Å²) in [6, 6.07) is 10.6. The number of phenolic OH excluding ortho intramolecular Hbond substituents is 1. The van der Waals surface area contributed by atoms with Crippen molar-refractivity contribution in [1.82, 2.24) is 4.90 Å². The molecule has 110 valence electrons. The van der Waals surface area contributed by atoms with Gasteiger partial charge in [0.2, 0.25) is 0 Å². The average molecular weight is 294 g/mol. The Labute approximate surface area is 127 Å². The Kier molecular flexibility index (Phi) is 2.69. The van der Waals surface area contributed by atoms with Crippen molar-refractivity contribution in [2.75, 3.05) is 7.11 Å². The SMILES string of the molecule is COc1cc2c(cc1O)N=CN1Cc3ccccc3C1C2=O. The minimum Gasteiger partial charge on any atom is -0.504 e. The number of aromatic hydroxyl groups is 1. The van der Waals surface area contributed by atoms with Crippen LogP contribution < -0.4 is 4.74 Å². The first kappa shape index (κ1) is 12.9. The lowest BCUT2D eigenvalue weighted by Crippen LogP contribution is -2.25. The van der Waals surface area contributed by atoms with Gasteiger partial charge in [-0.15, -0.1) is 0 Å². The first-order valence-corrected chi connectivity index (χ1v) is 7.02. The molecule has 0 amide bonds. The van der Waals surface area contributed by atoms with Crippen LogP contribution in [0.1, 0.15) is 27.5 Å². The van der Waals surface area contributed by atoms with Crippen LogP contribution in [0.5, 0.6) is 11.5 Å². The van der Waals surface area contributed by atoms with Crippen molar-refractivity contribution in [3.05, 3.63) is 53.1 Å². The zero-order chi connectivity index (χ0) is 15.3. The third-order valence-corrected chi connectivity index (χ3v) is 4.19. The highest BCUT2D eigenvalue weighted by Crippen LogP contribution is 2.42. The number of hydrogen-bond acceptors (Lipinski definition) is 5. The van der Waals surface area contributed by atoms with Gasteiger partial charge in [-0.25, -0.2) is 4.99 Å². The van der Waals surface area contributed by atoms with Crippen LogP contribution in [0.2, 0.25) is 0 Å². The number of nitrogens with zero attached hydrogens (tertiary/aromatic N) is 2. The topological polar surface area (TPSA) is 62.1 Å². The van der Waals surface area contributed by atoms with E-state index in [-0.39, 0.29) is 23.3 Å². The highest BCUT2D eigenvalue weighted by atomic mass is 16.5. The molecule has 2 aromatic rings. The second-order valence-electron chi connectivity index (χ2n) is 5.42. The molecule has 1 atom stereocenters. The molecule has 0 aromatic heterocycles. The monoisotopic (exact) mass is 294 g/mol. The number of benzene rings is 2. The first-order chi connectivity index (χ1) is 10.7. The zero-order valence-corrected chi connectivity index (χ0v) is 12.0. The van der Waals surface area contributed by atoms with Crippen LogP contribution >= 0.6 is 0 Å². The Morgan fingerprint density at radius 3 is 2.95 bits per heavy atom. The summed E-state index contributed by atoms with van der Waals surface area (Å²) in [6.45, 7) is 0.660. The van der Waals surface area contributed by atoms with Gasteiger partial charge in [0.1, 0.15) is 6.04 Å². The quantitative estimate of drug-likeness (QED) is 0.878. The third-order valence-electron chi connectivity index (χ3n) is 4.19. The standard InChI is InChI=1S/C17H14N2O3/c1-22-15-6-12-13(7-14(15)20)18-9-19-8-10-4-2-3-5-11(10)16(19)17(12)21/h2-7,9,16,20H,8H2,1H3. The van der Waals surface area contributed by atoms with Crippen molar-refractivity contribution in [3.63, 3.8) is 0 Å². The van der Waals surface area contributed by atoms with Crippen molar-refractivity contribution < 1.29 is 14.6 Å². The molecule has 2 aliphatic rings. The lowest BCUT2D eigenvalue weighted by atomic mass is 9.96. The molecular formula is C17H14N2O3. The summed E-state index contributed by atoms with van der Waals surface area (Å²) < 4.78 is 5.11. The number of Topliss-reactive ketones (excluding diaryl/α,β-unsaturated/α-hetero) is 1. The van der Waals surface area contributed by atoms with Crippen molar-refractivity contribution >= 4 is 17.8 Å². The van der Waals surface area contributed by atoms with Gasteiger partial charge in [0.15, 0.2) is 17.3 Å². The molecule has 0 radical (unpaired) electrons. The zero-order valence-electron chi connectivity index (χ0n) is 12.0. The smallest absolute Gasteiger partial charge is 0.192 e. The van der Waals surface area contributed by atoms with E-state index in [1.165, 1.54) is 13.2 Å². The Balaban J connectivity index is 1.88. The number of carbonyl (C=O) groups is 1. The predicted molar refractivity (Wildman–Crippen MR) is 81.9 cm³/mol. The maximum Gasteiger partial charge on any atom is 0.192 e. The molecule has 1 unspecified atom stereocenters. The lowest BCUT2D eigenvalue weighted by Gasteiger charge is -2.19. The number of hydrogen-bond donors (Lipinski definition) is 1. The van der Waals surface area contributed by atoms with E-state index in [0.717, 1.165) is 11.1 Å². The van der Waals surface area contributed by atoms with Gasteiger partial charge in [-0.2, -0.15) is 0 Å². The molecule has 4 rings (SSSR count). The van der Waals surface area contributed by atoms with Crippen molar-refractivity contribution in [2.24, 2.45) is 4.99 Å². The van der Waals surface area contributed by atoms with E-state index in [9.17, 15) is 9.90 Å². The second kappa shape index (κ2) is 4.59. The number of methoxy groups -OCH3 is 1. The molecule has 0 fully saturated rings. The number of carbonyl (C=O) groups excluding carboxylic acids is 1. The van der Waals surface area contributed by atoms with Gasteiger partial charge in [-0.05, 0) is 17.2 Å². The normalized spacial score (nSPS) is 18.5. The highest BCUT2D eigenvalue weighted by Gasteiger charge is 2.37. The van der Waals surface area contributed by atoms with E-state index >= 15 is 0 Å². The fourth-order valence-corrected chi connectivity index (χ4v) is 3.12. The van der Waals surface area contributed by atoms with Crippen LogP contribution in [-0.2, 0) is 6.54 Å². The molecular weight excluding hydrogens is 280 g/mol. The van der Waals surface area contributed by atoms with Crippen molar-refractivity contribution in [1.29, 1.82) is 0 Å². The number of rotatable bonds is 1. The minimum atomic E-state index is -0.365. The lowest BCUT2D eigenvalue weighted by molar-refractivity contribution is 0.0904. The number of ketones is 1. The number of phenols is 1. The van der Waals surface area contributed by atoms with Crippen molar-refractivity contribution in [2.45, 2.75) is 12.6 Å². The van der Waals surface area contributed by atoms with Crippen LogP contribution in [0.15, 0.2) is 41.4 Å². The van der Waals surface area contributed by atoms with Gasteiger partial charge >= 0.3 is 0 Å². The summed E-state index contributed by atoms with van der Waals surface area (Å²) in [6.07, 6.45) is 1.68. The number of aliphatic imine (C=N–C) groups is 1. The summed E-state index contributed by atoms with van der Waals surface area (Å²) in [5.74, 6) is 0.228. The fourth-order valence-electron chi connectivity index (χ4n) is 3.12. The third kappa shape index (κ3) is 1.72. The summed E-state index contributed by atoms with van der Waals surface area (Å²) in [4.78, 5) is 19.3. The Hall–Kier alpha value is -2.82. The van der Waals surface area contributed by atoms with Crippen LogP contribution in [0, 0.1) is 0 Å². The molecule has 1 N–H and O–H groups in total. The van der Waals surface area contributed by atoms with Gasteiger partial charge in [-0.3, -0.25) is 4.79 Å². The van der Waals surface area contributed by atoms with E-state index in [4.69, 9.17) is 4.74 Å². The van der Waals surface area contributed by atoms with E-state index < -0.39 is 0 Å². The molecule has 0 aliphatic carbocycles. The fraction of sp³-hybridized carbons (Fsp3) is 0.176. The number of ether oxygens (including phenoxy) is 1. The molecule has 0 spiro atoms. The van der Waals surface area contributed by atoms with Crippen LogP contribution in [-0.4, -0.2) is 29.2 Å². The Morgan fingerprint density at radius 2 is 2.14 bits per heavy atom. The van der Waals surface area contributed by atoms with E-state index in [1.54, 1.807) is 12.4 Å². The van der Waals surface area contributed by atoms with Crippen molar-refractivity contribution in [3.8, 4) is 11.5 Å². The minimum absolute atomic E-state index is 0.0198. The summed E-state index contributed by atoms with van der Waals surface area (Å²) in [5.41, 5.74) is 3.09. The molecule has 0 bridgehead atoms. The van der Waals surface area contributed by atoms with Gasteiger partial charge in [0, 0.05) is 18.2 Å². The molecule has 2 aromatic carbocycles. The maximum absolute atomic E-state index is 13.0. The van der Waals surface area contributed by atoms with Gasteiger partial charge < -0.3 is 14.7 Å². The maximum atomic E-state index is 13.0. The molecule has 2 aliphatic heterocycles. The largest absolute Gasteiger partial charge is 0.504 e.